The molecule has 2 rings (SSSR count). The highest BCUT2D eigenvalue weighted by Crippen LogP contribution is 2.20. The van der Waals surface area contributed by atoms with Crippen molar-refractivity contribution in [3.8, 4) is 5.69 Å². The molecule has 0 saturated carbocycles. The fraction of sp³-hybridized carbons (Fsp3) is 0.263. The van der Waals surface area contributed by atoms with Gasteiger partial charge < -0.3 is 9.40 Å². The van der Waals surface area contributed by atoms with Crippen LogP contribution in [0.2, 0.25) is 0 Å². The SMILES string of the molecule is CC(=O)ON(C/C=C/c1ccn(-c2c(C)cccc2C)c1)C(C)=O. The second kappa shape index (κ2) is 7.64. The molecule has 1 heterocycles. The Balaban J connectivity index is 2.11. The molecule has 0 radical (unpaired) electrons. The van der Waals surface area contributed by atoms with Crippen LogP contribution in [0.5, 0.6) is 0 Å². The third-order valence-corrected chi connectivity index (χ3v) is 3.58. The number of carbonyl (C=O) groups is 2. The van der Waals surface area contributed by atoms with Gasteiger partial charge in [-0.2, -0.15) is 5.06 Å². The quantitative estimate of drug-likeness (QED) is 0.809. The number of hydrogen-bond acceptors (Lipinski definition) is 3. The van der Waals surface area contributed by atoms with E-state index in [0.717, 1.165) is 10.6 Å². The van der Waals surface area contributed by atoms with Gasteiger partial charge in [-0.05, 0) is 36.6 Å². The largest absolute Gasteiger partial charge is 0.338 e. The predicted octanol–water partition coefficient (Wildman–Crippen LogP) is 3.43. The highest BCUT2D eigenvalue weighted by Gasteiger charge is 2.10. The van der Waals surface area contributed by atoms with Gasteiger partial charge in [-0.25, -0.2) is 0 Å². The lowest BCUT2D eigenvalue weighted by Gasteiger charge is -2.16. The number of amides is 1. The zero-order chi connectivity index (χ0) is 17.7. The zero-order valence-corrected chi connectivity index (χ0v) is 14.4. The number of aryl methyl sites for hydroxylation is 2. The van der Waals surface area contributed by atoms with E-state index in [1.165, 1.54) is 30.7 Å². The van der Waals surface area contributed by atoms with E-state index in [4.69, 9.17) is 4.84 Å². The summed E-state index contributed by atoms with van der Waals surface area (Å²) in [6, 6.07) is 8.21. The van der Waals surface area contributed by atoms with Gasteiger partial charge in [0.05, 0.1) is 12.2 Å². The topological polar surface area (TPSA) is 51.5 Å². The van der Waals surface area contributed by atoms with Crippen molar-refractivity contribution in [2.45, 2.75) is 27.7 Å². The van der Waals surface area contributed by atoms with Gasteiger partial charge in [-0.1, -0.05) is 30.4 Å². The molecule has 1 amide bonds. The number of para-hydroxylation sites is 1. The first-order chi connectivity index (χ1) is 11.4. The smallest absolute Gasteiger partial charge is 0.329 e. The van der Waals surface area contributed by atoms with Crippen LogP contribution in [0, 0.1) is 13.8 Å². The van der Waals surface area contributed by atoms with Crippen molar-refractivity contribution < 1.29 is 14.4 Å². The van der Waals surface area contributed by atoms with E-state index in [1.807, 2.05) is 30.6 Å². The Morgan fingerprint density at radius 2 is 1.83 bits per heavy atom. The van der Waals surface area contributed by atoms with Crippen molar-refractivity contribution in [2.75, 3.05) is 6.54 Å². The van der Waals surface area contributed by atoms with E-state index < -0.39 is 5.97 Å². The van der Waals surface area contributed by atoms with Gasteiger partial charge in [0.1, 0.15) is 0 Å². The zero-order valence-electron chi connectivity index (χ0n) is 14.4. The molecule has 1 aromatic heterocycles. The number of carbonyl (C=O) groups excluding carboxylic acids is 2. The Kier molecular flexibility index (Phi) is 5.58. The van der Waals surface area contributed by atoms with E-state index >= 15 is 0 Å². The summed E-state index contributed by atoms with van der Waals surface area (Å²) in [5, 5.41) is 1.03. The van der Waals surface area contributed by atoms with Crippen LogP contribution < -0.4 is 0 Å². The number of hydrogen-bond donors (Lipinski definition) is 0. The third-order valence-electron chi connectivity index (χ3n) is 3.58. The molecular formula is C19H22N2O3. The fourth-order valence-electron chi connectivity index (χ4n) is 2.53. The number of rotatable bonds is 4. The van der Waals surface area contributed by atoms with Crippen LogP contribution >= 0.6 is 0 Å². The van der Waals surface area contributed by atoms with Gasteiger partial charge in [-0.3, -0.25) is 9.59 Å². The molecule has 5 nitrogen and oxygen atoms in total. The van der Waals surface area contributed by atoms with E-state index in [9.17, 15) is 9.59 Å². The van der Waals surface area contributed by atoms with Crippen molar-refractivity contribution in [3.05, 3.63) is 59.4 Å². The Hall–Kier alpha value is -2.82. The van der Waals surface area contributed by atoms with Gasteiger partial charge in [0.15, 0.2) is 0 Å². The first-order valence-corrected chi connectivity index (χ1v) is 7.76. The third kappa shape index (κ3) is 4.35. The van der Waals surface area contributed by atoms with Crippen LogP contribution in [0.25, 0.3) is 11.8 Å². The molecule has 0 aliphatic carbocycles. The maximum absolute atomic E-state index is 11.4. The standard InChI is InChI=1S/C19H22N2O3/c1-14-7-5-8-15(2)19(14)20-12-10-18(13-20)9-6-11-21(16(3)22)24-17(4)23/h5-10,12-13H,11H2,1-4H3/b9-6+. The molecule has 0 fully saturated rings. The fourth-order valence-corrected chi connectivity index (χ4v) is 2.53. The Morgan fingerprint density at radius 3 is 2.42 bits per heavy atom. The maximum atomic E-state index is 11.4. The first kappa shape index (κ1) is 17.5. The van der Waals surface area contributed by atoms with Gasteiger partial charge in [0.2, 0.25) is 0 Å². The molecule has 0 aliphatic rings. The van der Waals surface area contributed by atoms with Crippen LogP contribution in [-0.4, -0.2) is 28.1 Å². The number of aromatic nitrogens is 1. The number of hydroxylamine groups is 2. The van der Waals surface area contributed by atoms with Crippen LogP contribution in [-0.2, 0) is 14.4 Å². The number of benzene rings is 1. The molecule has 0 atom stereocenters. The Morgan fingerprint density at radius 1 is 1.17 bits per heavy atom. The van der Waals surface area contributed by atoms with E-state index in [1.54, 1.807) is 6.08 Å². The normalized spacial score (nSPS) is 10.8. The predicted molar refractivity (Wildman–Crippen MR) is 93.4 cm³/mol. The minimum atomic E-state index is -0.514. The summed E-state index contributed by atoms with van der Waals surface area (Å²) in [6.45, 7) is 7.01. The summed E-state index contributed by atoms with van der Waals surface area (Å²) in [7, 11) is 0. The Labute approximate surface area is 142 Å². The second-order valence-corrected chi connectivity index (χ2v) is 5.66. The van der Waals surface area contributed by atoms with Gasteiger partial charge in [-0.15, -0.1) is 0 Å². The molecule has 0 N–H and O–H groups in total. The van der Waals surface area contributed by atoms with E-state index in [0.29, 0.717) is 0 Å². The molecule has 2 aromatic rings. The summed E-state index contributed by atoms with van der Waals surface area (Å²) in [6.07, 6.45) is 7.71. The summed E-state index contributed by atoms with van der Waals surface area (Å²) in [5.74, 6) is -0.831. The summed E-state index contributed by atoms with van der Waals surface area (Å²) < 4.78 is 2.08. The lowest BCUT2D eigenvalue weighted by molar-refractivity contribution is -0.192. The molecule has 0 aliphatic heterocycles. The van der Waals surface area contributed by atoms with Gasteiger partial charge >= 0.3 is 5.97 Å². The first-order valence-electron chi connectivity index (χ1n) is 7.76. The molecule has 1 aromatic carbocycles. The summed E-state index contributed by atoms with van der Waals surface area (Å²) in [5.41, 5.74) is 4.59. The van der Waals surface area contributed by atoms with E-state index in [2.05, 4.69) is 30.5 Å². The van der Waals surface area contributed by atoms with E-state index in [-0.39, 0.29) is 12.5 Å². The molecule has 126 valence electrons. The Bertz CT molecular complexity index is 754. The van der Waals surface area contributed by atoms with Crippen LogP contribution in [0.3, 0.4) is 0 Å². The van der Waals surface area contributed by atoms with Crippen molar-refractivity contribution in [3.63, 3.8) is 0 Å². The second-order valence-electron chi connectivity index (χ2n) is 5.66. The van der Waals surface area contributed by atoms with Crippen LogP contribution in [0.4, 0.5) is 0 Å². The van der Waals surface area contributed by atoms with Gasteiger partial charge in [0.25, 0.3) is 5.91 Å². The molecule has 0 bridgehead atoms. The van der Waals surface area contributed by atoms with Crippen LogP contribution in [0.1, 0.15) is 30.5 Å². The maximum Gasteiger partial charge on any atom is 0.329 e. The highest BCUT2D eigenvalue weighted by molar-refractivity contribution is 5.75. The molecular weight excluding hydrogens is 304 g/mol. The lowest BCUT2D eigenvalue weighted by Crippen LogP contribution is -2.30. The highest BCUT2D eigenvalue weighted by atomic mass is 16.7. The molecule has 0 unspecified atom stereocenters. The molecule has 0 saturated heterocycles. The summed E-state index contributed by atoms with van der Waals surface area (Å²) in [4.78, 5) is 27.2. The number of nitrogens with zero attached hydrogens (tertiary/aromatic N) is 2. The lowest BCUT2D eigenvalue weighted by atomic mass is 10.1. The average molecular weight is 326 g/mol. The summed E-state index contributed by atoms with van der Waals surface area (Å²) >= 11 is 0. The average Bonchev–Trinajstić information content (AvgIpc) is 2.94. The molecule has 0 spiro atoms. The monoisotopic (exact) mass is 326 g/mol. The molecule has 24 heavy (non-hydrogen) atoms. The van der Waals surface area contributed by atoms with Crippen molar-refractivity contribution >= 4 is 18.0 Å². The molecule has 5 heteroatoms. The van der Waals surface area contributed by atoms with Crippen LogP contribution in [0.15, 0.2) is 42.7 Å². The van der Waals surface area contributed by atoms with Crippen molar-refractivity contribution in [2.24, 2.45) is 0 Å². The van der Waals surface area contributed by atoms with Crippen molar-refractivity contribution in [1.29, 1.82) is 0 Å². The minimum absolute atomic E-state index is 0.212. The minimum Gasteiger partial charge on any atom is -0.338 e. The van der Waals surface area contributed by atoms with Crippen molar-refractivity contribution in [1.82, 2.24) is 9.63 Å². The van der Waals surface area contributed by atoms with Gasteiger partial charge in [0, 0.05) is 26.2 Å².